The van der Waals surface area contributed by atoms with Crippen molar-refractivity contribution in [2.24, 2.45) is 0 Å². The van der Waals surface area contributed by atoms with Gasteiger partial charge in [-0.2, -0.15) is 0 Å². The number of hydrogen-bond donors (Lipinski definition) is 1. The number of hydrogen-bond acceptors (Lipinski definition) is 4. The molecule has 0 unspecified atom stereocenters. The zero-order chi connectivity index (χ0) is 19.7. The van der Waals surface area contributed by atoms with Crippen molar-refractivity contribution < 1.29 is 14.4 Å². The average molecular weight is 384 g/mol. The first-order valence-electron chi connectivity index (χ1n) is 10.3. The highest BCUT2D eigenvalue weighted by atomic mass is 16.2. The molecule has 4 amide bonds. The van der Waals surface area contributed by atoms with Crippen LogP contribution in [-0.2, 0) is 4.79 Å². The van der Waals surface area contributed by atoms with E-state index in [0.29, 0.717) is 44.3 Å². The Labute approximate surface area is 165 Å². The van der Waals surface area contributed by atoms with Crippen LogP contribution in [-0.4, -0.2) is 76.8 Å². The van der Waals surface area contributed by atoms with Crippen LogP contribution >= 0.6 is 0 Å². The van der Waals surface area contributed by atoms with Crippen LogP contribution in [0.5, 0.6) is 0 Å². The molecule has 1 N–H and O–H groups in total. The van der Waals surface area contributed by atoms with Crippen molar-refractivity contribution in [1.82, 2.24) is 20.0 Å². The lowest BCUT2D eigenvalue weighted by Gasteiger charge is -2.38. The van der Waals surface area contributed by atoms with Gasteiger partial charge in [-0.3, -0.25) is 14.5 Å². The van der Waals surface area contributed by atoms with E-state index in [1.807, 2.05) is 35.2 Å². The summed E-state index contributed by atoms with van der Waals surface area (Å²) < 4.78 is 0. The van der Waals surface area contributed by atoms with Gasteiger partial charge in [0.15, 0.2) is 0 Å². The summed E-state index contributed by atoms with van der Waals surface area (Å²) in [6.07, 6.45) is 2.62. The van der Waals surface area contributed by atoms with Crippen molar-refractivity contribution in [3.8, 4) is 0 Å². The van der Waals surface area contributed by atoms with Crippen molar-refractivity contribution in [2.45, 2.75) is 44.2 Å². The van der Waals surface area contributed by atoms with Gasteiger partial charge in [-0.25, -0.2) is 4.79 Å². The molecule has 0 aromatic heterocycles. The summed E-state index contributed by atoms with van der Waals surface area (Å²) in [5.41, 5.74) is -0.0442. The quantitative estimate of drug-likeness (QED) is 0.805. The number of urea groups is 1. The number of piperidine rings is 2. The predicted molar refractivity (Wildman–Crippen MR) is 105 cm³/mol. The van der Waals surface area contributed by atoms with E-state index in [9.17, 15) is 14.4 Å². The maximum Gasteiger partial charge on any atom is 0.325 e. The Balaban J connectivity index is 1.39. The van der Waals surface area contributed by atoms with Crippen LogP contribution in [0.1, 0.15) is 43.0 Å². The lowest BCUT2D eigenvalue weighted by molar-refractivity contribution is -0.135. The molecule has 1 aromatic carbocycles. The van der Waals surface area contributed by atoms with Crippen molar-refractivity contribution in [1.29, 1.82) is 0 Å². The maximum atomic E-state index is 13.2. The molecule has 3 aliphatic heterocycles. The second-order valence-corrected chi connectivity index (χ2v) is 8.01. The van der Waals surface area contributed by atoms with Gasteiger partial charge in [-0.1, -0.05) is 25.1 Å². The molecule has 3 aliphatic rings. The number of likely N-dealkylation sites (tertiary alicyclic amines) is 2. The van der Waals surface area contributed by atoms with Gasteiger partial charge in [-0.15, -0.1) is 0 Å². The Morgan fingerprint density at radius 3 is 2.32 bits per heavy atom. The standard InChI is InChI=1S/C21H28N4O3/c1-2-23-14-10-21(11-15-23)19(27)25(20(28)22-21)17-8-12-24(13-9-17)18(26)16-6-4-3-5-7-16/h3-7,17H,2,8-15H2,1H3,(H,22,28). The highest BCUT2D eigenvalue weighted by Gasteiger charge is 2.54. The minimum absolute atomic E-state index is 0.0136. The molecule has 0 saturated carbocycles. The van der Waals surface area contributed by atoms with Crippen LogP contribution in [0.15, 0.2) is 30.3 Å². The normalized spacial score (nSPS) is 23.3. The largest absolute Gasteiger partial charge is 0.338 e. The van der Waals surface area contributed by atoms with Crippen LogP contribution in [0.25, 0.3) is 0 Å². The molecule has 0 radical (unpaired) electrons. The molecule has 28 heavy (non-hydrogen) atoms. The second kappa shape index (κ2) is 7.54. The number of carbonyl (C=O) groups is 3. The Hall–Kier alpha value is -2.41. The average Bonchev–Trinajstić information content (AvgIpc) is 2.98. The van der Waals surface area contributed by atoms with Gasteiger partial charge >= 0.3 is 6.03 Å². The zero-order valence-electron chi connectivity index (χ0n) is 16.4. The molecule has 0 bridgehead atoms. The van der Waals surface area contributed by atoms with Crippen molar-refractivity contribution >= 4 is 17.8 Å². The molecule has 7 nitrogen and oxygen atoms in total. The third-order valence-electron chi connectivity index (χ3n) is 6.49. The van der Waals surface area contributed by atoms with Gasteiger partial charge in [0.2, 0.25) is 0 Å². The van der Waals surface area contributed by atoms with Crippen LogP contribution in [0.4, 0.5) is 4.79 Å². The van der Waals surface area contributed by atoms with Crippen LogP contribution in [0, 0.1) is 0 Å². The van der Waals surface area contributed by atoms with Crippen molar-refractivity contribution in [2.75, 3.05) is 32.7 Å². The lowest BCUT2D eigenvalue weighted by atomic mass is 9.87. The third-order valence-corrected chi connectivity index (χ3v) is 6.49. The molecule has 1 aromatic rings. The molecule has 150 valence electrons. The summed E-state index contributed by atoms with van der Waals surface area (Å²) in [4.78, 5) is 44.0. The van der Waals surface area contributed by atoms with Gasteiger partial charge in [0.25, 0.3) is 11.8 Å². The fourth-order valence-electron chi connectivity index (χ4n) is 4.65. The summed E-state index contributed by atoms with van der Waals surface area (Å²) in [5, 5.41) is 3.00. The summed E-state index contributed by atoms with van der Waals surface area (Å²) in [5.74, 6) is -0.0549. The molecule has 4 rings (SSSR count). The molecule has 7 heteroatoms. The first kappa shape index (κ1) is 18.9. The predicted octanol–water partition coefficient (Wildman–Crippen LogP) is 1.70. The van der Waals surface area contributed by atoms with Crippen LogP contribution in [0.3, 0.4) is 0 Å². The fourth-order valence-corrected chi connectivity index (χ4v) is 4.65. The number of benzene rings is 1. The number of nitrogens with zero attached hydrogens (tertiary/aromatic N) is 3. The summed E-state index contributed by atoms with van der Waals surface area (Å²) >= 11 is 0. The maximum absolute atomic E-state index is 13.2. The Bertz CT molecular complexity index is 750. The molecular weight excluding hydrogens is 356 g/mol. The number of carbonyl (C=O) groups excluding carboxylic acids is 3. The van der Waals surface area contributed by atoms with Gasteiger partial charge in [-0.05, 0) is 44.4 Å². The Kier molecular flexibility index (Phi) is 5.10. The van der Waals surface area contributed by atoms with E-state index in [2.05, 4.69) is 17.1 Å². The molecule has 3 saturated heterocycles. The van der Waals surface area contributed by atoms with E-state index in [1.54, 1.807) is 0 Å². The SMILES string of the molecule is CCN1CCC2(CC1)NC(=O)N(C1CCN(C(=O)c3ccccc3)CC1)C2=O. The molecule has 0 atom stereocenters. The van der Waals surface area contributed by atoms with E-state index in [0.717, 1.165) is 19.6 Å². The lowest BCUT2D eigenvalue weighted by Crippen LogP contribution is -2.55. The highest BCUT2D eigenvalue weighted by Crippen LogP contribution is 2.32. The van der Waals surface area contributed by atoms with Crippen LogP contribution in [0.2, 0.25) is 0 Å². The number of amides is 4. The van der Waals surface area contributed by atoms with E-state index in [4.69, 9.17) is 0 Å². The Morgan fingerprint density at radius 1 is 1.07 bits per heavy atom. The van der Waals surface area contributed by atoms with Gasteiger partial charge < -0.3 is 15.1 Å². The second-order valence-electron chi connectivity index (χ2n) is 8.01. The minimum atomic E-state index is -0.722. The summed E-state index contributed by atoms with van der Waals surface area (Å²) in [6.45, 7) is 5.87. The zero-order valence-corrected chi connectivity index (χ0v) is 16.4. The first-order chi connectivity index (χ1) is 13.5. The summed E-state index contributed by atoms with van der Waals surface area (Å²) in [7, 11) is 0. The topological polar surface area (TPSA) is 73.0 Å². The monoisotopic (exact) mass is 384 g/mol. The smallest absolute Gasteiger partial charge is 0.325 e. The fraction of sp³-hybridized carbons (Fsp3) is 0.571. The highest BCUT2D eigenvalue weighted by molar-refractivity contribution is 6.07. The number of rotatable bonds is 3. The van der Waals surface area contributed by atoms with Gasteiger partial charge in [0.1, 0.15) is 5.54 Å². The van der Waals surface area contributed by atoms with E-state index < -0.39 is 5.54 Å². The van der Waals surface area contributed by atoms with Crippen LogP contribution < -0.4 is 5.32 Å². The van der Waals surface area contributed by atoms with Gasteiger partial charge in [0, 0.05) is 37.8 Å². The first-order valence-corrected chi connectivity index (χ1v) is 10.3. The third kappa shape index (κ3) is 3.28. The van der Waals surface area contributed by atoms with E-state index in [1.165, 1.54) is 4.90 Å². The minimum Gasteiger partial charge on any atom is -0.338 e. The number of nitrogens with one attached hydrogen (secondary N) is 1. The van der Waals surface area contributed by atoms with E-state index >= 15 is 0 Å². The molecular formula is C21H28N4O3. The van der Waals surface area contributed by atoms with Gasteiger partial charge in [0.05, 0.1) is 0 Å². The van der Waals surface area contributed by atoms with Crippen molar-refractivity contribution in [3.05, 3.63) is 35.9 Å². The van der Waals surface area contributed by atoms with E-state index in [-0.39, 0.29) is 23.9 Å². The van der Waals surface area contributed by atoms with Crippen molar-refractivity contribution in [3.63, 3.8) is 0 Å². The number of imide groups is 1. The molecule has 3 heterocycles. The molecule has 0 aliphatic carbocycles. The molecule has 1 spiro atoms. The molecule has 3 fully saturated rings. The summed E-state index contributed by atoms with van der Waals surface area (Å²) in [6, 6.07) is 8.85. The Morgan fingerprint density at radius 2 is 1.71 bits per heavy atom.